The Balaban J connectivity index is 1.86. The van der Waals surface area contributed by atoms with Crippen molar-refractivity contribution in [3.05, 3.63) is 21.1 Å². The van der Waals surface area contributed by atoms with E-state index in [1.54, 1.807) is 12.1 Å². The number of nitrogens with zero attached hydrogens (tertiary/aromatic N) is 1. The van der Waals surface area contributed by atoms with Crippen molar-refractivity contribution in [3.8, 4) is 11.5 Å². The number of hydrogen-bond donors (Lipinski definition) is 1. The second-order valence-electron chi connectivity index (χ2n) is 3.49. The van der Waals surface area contributed by atoms with E-state index in [1.807, 2.05) is 0 Å². The quantitative estimate of drug-likeness (QED) is 0.830. The van der Waals surface area contributed by atoms with Crippen LogP contribution in [0.25, 0.3) is 0 Å². The molecule has 0 aliphatic carbocycles. The van der Waals surface area contributed by atoms with Gasteiger partial charge in [-0.05, 0) is 44.0 Å². The van der Waals surface area contributed by atoms with Gasteiger partial charge < -0.3 is 14.8 Å². The Morgan fingerprint density at radius 2 is 2.12 bits per heavy atom. The Morgan fingerprint density at radius 1 is 1.35 bits per heavy atom. The molecule has 1 unspecified atom stereocenters. The standard InChI is InChI=1S/C11H10Br2N2O2/c12-6-3-8-9(4-7(6)13)17-10(5-16-8)11-14-1-2-15-11/h3-4,10H,1-2,5H2,(H,14,15)/i1D2,2D2. The molecule has 90 valence electrons. The lowest BCUT2D eigenvalue weighted by Gasteiger charge is -2.27. The lowest BCUT2D eigenvalue weighted by Crippen LogP contribution is -2.42. The van der Waals surface area contributed by atoms with Crippen molar-refractivity contribution in [1.29, 1.82) is 0 Å². The maximum Gasteiger partial charge on any atom is 0.189 e. The van der Waals surface area contributed by atoms with Crippen LogP contribution in [0.15, 0.2) is 26.1 Å². The predicted molar refractivity (Wildman–Crippen MR) is 72.1 cm³/mol. The molecule has 2 aliphatic heterocycles. The van der Waals surface area contributed by atoms with Gasteiger partial charge in [-0.3, -0.25) is 4.99 Å². The molecule has 1 aromatic carbocycles. The minimum Gasteiger partial charge on any atom is -0.485 e. The van der Waals surface area contributed by atoms with E-state index in [2.05, 4.69) is 42.2 Å². The van der Waals surface area contributed by atoms with Crippen molar-refractivity contribution in [2.24, 2.45) is 4.99 Å². The highest BCUT2D eigenvalue weighted by Crippen LogP contribution is 2.39. The van der Waals surface area contributed by atoms with Gasteiger partial charge in [0.1, 0.15) is 12.4 Å². The fourth-order valence-corrected chi connectivity index (χ4v) is 2.21. The molecular formula is C11H10Br2N2O2. The van der Waals surface area contributed by atoms with Gasteiger partial charge in [-0.15, -0.1) is 0 Å². The van der Waals surface area contributed by atoms with Crippen LogP contribution in [0.5, 0.6) is 11.5 Å². The highest BCUT2D eigenvalue weighted by atomic mass is 79.9. The van der Waals surface area contributed by atoms with E-state index >= 15 is 0 Å². The molecule has 6 heteroatoms. The Labute approximate surface area is 121 Å². The van der Waals surface area contributed by atoms with Crippen LogP contribution in [0.4, 0.5) is 0 Å². The minimum absolute atomic E-state index is 0.106. The molecule has 0 saturated heterocycles. The molecule has 1 aromatic rings. The molecule has 0 radical (unpaired) electrons. The molecule has 0 saturated carbocycles. The van der Waals surface area contributed by atoms with Crippen molar-refractivity contribution < 1.29 is 15.0 Å². The molecule has 0 aromatic heterocycles. The van der Waals surface area contributed by atoms with Crippen LogP contribution in [-0.2, 0) is 0 Å². The van der Waals surface area contributed by atoms with Crippen molar-refractivity contribution in [2.75, 3.05) is 19.6 Å². The minimum atomic E-state index is -2.34. The molecule has 0 spiro atoms. The summed E-state index contributed by atoms with van der Waals surface area (Å²) >= 11 is 6.73. The van der Waals surface area contributed by atoms with E-state index in [-0.39, 0.29) is 12.4 Å². The van der Waals surface area contributed by atoms with Crippen molar-refractivity contribution in [3.63, 3.8) is 0 Å². The van der Waals surface area contributed by atoms with Gasteiger partial charge in [-0.1, -0.05) is 0 Å². The first-order valence-corrected chi connectivity index (χ1v) is 6.45. The summed E-state index contributed by atoms with van der Waals surface area (Å²) in [6, 6.07) is 3.49. The smallest absolute Gasteiger partial charge is 0.189 e. The number of halogens is 2. The number of rotatable bonds is 1. The summed E-state index contributed by atoms with van der Waals surface area (Å²) in [5.74, 6) is 1.15. The van der Waals surface area contributed by atoms with Gasteiger partial charge in [0, 0.05) is 15.4 Å². The number of amidine groups is 1. The van der Waals surface area contributed by atoms with Gasteiger partial charge >= 0.3 is 0 Å². The van der Waals surface area contributed by atoms with Gasteiger partial charge in [-0.2, -0.15) is 0 Å². The molecule has 0 fully saturated rings. The third-order valence-corrected chi connectivity index (χ3v) is 4.22. The van der Waals surface area contributed by atoms with E-state index in [1.165, 1.54) is 0 Å². The number of benzene rings is 1. The summed E-state index contributed by atoms with van der Waals surface area (Å²) in [6.45, 7) is -4.49. The molecule has 2 heterocycles. The zero-order valence-corrected chi connectivity index (χ0v) is 11.6. The monoisotopic (exact) mass is 364 g/mol. The highest BCUT2D eigenvalue weighted by Gasteiger charge is 2.27. The Bertz CT molecular complexity index is 639. The second kappa shape index (κ2) is 4.49. The van der Waals surface area contributed by atoms with Gasteiger partial charge in [0.2, 0.25) is 0 Å². The van der Waals surface area contributed by atoms with E-state index in [4.69, 9.17) is 15.0 Å². The molecular weight excluding hydrogens is 352 g/mol. The molecule has 1 atom stereocenters. The summed E-state index contributed by atoms with van der Waals surface area (Å²) in [7, 11) is 0. The lowest BCUT2D eigenvalue weighted by atomic mass is 10.2. The Hall–Kier alpha value is -0.750. The number of fused-ring (bicyclic) bond motifs is 1. The molecule has 17 heavy (non-hydrogen) atoms. The third-order valence-electron chi connectivity index (χ3n) is 2.37. The lowest BCUT2D eigenvalue weighted by molar-refractivity contribution is 0.133. The summed E-state index contributed by atoms with van der Waals surface area (Å²) in [4.78, 5) is 3.75. The average Bonchev–Trinajstić information content (AvgIpc) is 2.59. The zero-order chi connectivity index (χ0) is 15.4. The van der Waals surface area contributed by atoms with Crippen molar-refractivity contribution in [1.82, 2.24) is 5.32 Å². The fourth-order valence-electron chi connectivity index (χ4n) is 1.56. The maximum absolute atomic E-state index is 7.60. The number of aliphatic imine (C=N–C) groups is 1. The van der Waals surface area contributed by atoms with Crippen LogP contribution in [-0.4, -0.2) is 31.5 Å². The summed E-state index contributed by atoms with van der Waals surface area (Å²) < 4.78 is 43.3. The van der Waals surface area contributed by atoms with Crippen molar-refractivity contribution >= 4 is 37.7 Å². The van der Waals surface area contributed by atoms with Crippen LogP contribution in [0.3, 0.4) is 0 Å². The maximum atomic E-state index is 7.60. The summed E-state index contributed by atoms with van der Waals surface area (Å²) in [5.41, 5.74) is 0. The topological polar surface area (TPSA) is 42.9 Å². The third kappa shape index (κ3) is 2.15. The van der Waals surface area contributed by atoms with Gasteiger partial charge in [0.05, 0.1) is 12.0 Å². The van der Waals surface area contributed by atoms with E-state index in [0.717, 1.165) is 8.95 Å². The van der Waals surface area contributed by atoms with Crippen LogP contribution < -0.4 is 14.8 Å². The first-order valence-electron chi connectivity index (χ1n) is 6.86. The van der Waals surface area contributed by atoms with Crippen LogP contribution in [0, 0.1) is 0 Å². The Morgan fingerprint density at radius 3 is 2.82 bits per heavy atom. The number of nitrogens with one attached hydrogen (secondary N) is 1. The molecule has 0 bridgehead atoms. The normalized spacial score (nSPS) is 31.4. The summed E-state index contributed by atoms with van der Waals surface area (Å²) in [6.07, 6.45) is -0.682. The predicted octanol–water partition coefficient (Wildman–Crippen LogP) is 2.35. The van der Waals surface area contributed by atoms with Crippen LogP contribution >= 0.6 is 31.9 Å². The number of hydrogen-bond acceptors (Lipinski definition) is 4. The highest BCUT2D eigenvalue weighted by molar-refractivity contribution is 9.13. The van der Waals surface area contributed by atoms with Crippen LogP contribution in [0.1, 0.15) is 5.48 Å². The molecule has 3 rings (SSSR count). The largest absolute Gasteiger partial charge is 0.485 e. The van der Waals surface area contributed by atoms with E-state index in [9.17, 15) is 0 Å². The first kappa shape index (κ1) is 7.63. The molecule has 0 amide bonds. The summed E-state index contributed by atoms with van der Waals surface area (Å²) in [5, 5.41) is 2.43. The van der Waals surface area contributed by atoms with E-state index < -0.39 is 19.1 Å². The van der Waals surface area contributed by atoms with Crippen molar-refractivity contribution in [2.45, 2.75) is 6.10 Å². The van der Waals surface area contributed by atoms with Gasteiger partial charge in [0.15, 0.2) is 17.6 Å². The zero-order valence-electron chi connectivity index (χ0n) is 12.5. The Kier molecular flexibility index (Phi) is 2.02. The first-order chi connectivity index (χ1) is 9.69. The molecule has 4 nitrogen and oxygen atoms in total. The average molecular weight is 366 g/mol. The number of ether oxygens (including phenoxy) is 2. The fraction of sp³-hybridized carbons (Fsp3) is 0.364. The second-order valence-corrected chi connectivity index (χ2v) is 5.20. The molecule has 1 N–H and O–H groups in total. The van der Waals surface area contributed by atoms with E-state index in [0.29, 0.717) is 11.5 Å². The SMILES string of the molecule is [2H]C1([2H])N=C(C2COc3cc(Br)c(Br)cc3O2)NC1([2H])[2H]. The van der Waals surface area contributed by atoms with Gasteiger partial charge in [0.25, 0.3) is 0 Å². The molecule has 2 aliphatic rings. The van der Waals surface area contributed by atoms with Crippen LogP contribution in [0.2, 0.25) is 0 Å². The van der Waals surface area contributed by atoms with Gasteiger partial charge in [-0.25, -0.2) is 0 Å².